The second-order valence-electron chi connectivity index (χ2n) is 5.60. The Balaban J connectivity index is 2.08. The molecule has 0 aliphatic heterocycles. The predicted molar refractivity (Wildman–Crippen MR) is 102 cm³/mol. The lowest BCUT2D eigenvalue weighted by Gasteiger charge is -2.15. The van der Waals surface area contributed by atoms with Crippen LogP contribution in [-0.4, -0.2) is 28.2 Å². The molecular formula is C20H20N2O2S. The van der Waals surface area contributed by atoms with Gasteiger partial charge in [-0.2, -0.15) is 0 Å². The van der Waals surface area contributed by atoms with Crippen molar-refractivity contribution in [2.45, 2.75) is 18.5 Å². The number of imidazole rings is 1. The number of methoxy groups -OCH3 is 1. The SMILES string of the molecule is COc1ccccc1-n1c(-c2ccccc2)cnc1SCCC(C)=O. The van der Waals surface area contributed by atoms with E-state index in [4.69, 9.17) is 4.74 Å². The summed E-state index contributed by atoms with van der Waals surface area (Å²) in [5.74, 6) is 1.67. The van der Waals surface area contributed by atoms with E-state index in [1.807, 2.05) is 48.7 Å². The number of hydrogen-bond donors (Lipinski definition) is 0. The lowest BCUT2D eigenvalue weighted by molar-refractivity contribution is -0.116. The number of aromatic nitrogens is 2. The Morgan fingerprint density at radius 1 is 1.12 bits per heavy atom. The summed E-state index contributed by atoms with van der Waals surface area (Å²) in [7, 11) is 1.67. The van der Waals surface area contributed by atoms with Crippen LogP contribution in [0.2, 0.25) is 0 Å². The first kappa shape index (κ1) is 17.3. The largest absolute Gasteiger partial charge is 0.495 e. The van der Waals surface area contributed by atoms with Gasteiger partial charge in [0.2, 0.25) is 0 Å². The summed E-state index contributed by atoms with van der Waals surface area (Å²) < 4.78 is 7.64. The van der Waals surface area contributed by atoms with Crippen molar-refractivity contribution in [2.24, 2.45) is 0 Å². The van der Waals surface area contributed by atoms with Gasteiger partial charge in [0, 0.05) is 17.7 Å². The van der Waals surface area contributed by atoms with Gasteiger partial charge >= 0.3 is 0 Å². The highest BCUT2D eigenvalue weighted by atomic mass is 32.2. The van der Waals surface area contributed by atoms with Crippen LogP contribution in [-0.2, 0) is 4.79 Å². The van der Waals surface area contributed by atoms with Crippen LogP contribution in [0.5, 0.6) is 5.75 Å². The van der Waals surface area contributed by atoms with Crippen LogP contribution in [0.15, 0.2) is 66.0 Å². The number of ketones is 1. The number of rotatable bonds is 7. The molecule has 5 heteroatoms. The Morgan fingerprint density at radius 2 is 1.84 bits per heavy atom. The predicted octanol–water partition coefficient (Wildman–Crippen LogP) is 4.62. The van der Waals surface area contributed by atoms with Crippen molar-refractivity contribution in [2.75, 3.05) is 12.9 Å². The smallest absolute Gasteiger partial charge is 0.173 e. The fourth-order valence-corrected chi connectivity index (χ4v) is 3.61. The highest BCUT2D eigenvalue weighted by Crippen LogP contribution is 2.33. The number of benzene rings is 2. The van der Waals surface area contributed by atoms with Crippen LogP contribution in [0.4, 0.5) is 0 Å². The standard InChI is InChI=1S/C20H20N2O2S/c1-15(23)12-13-25-20-21-14-18(16-8-4-3-5-9-16)22(20)17-10-6-7-11-19(17)24-2/h3-11,14H,12-13H2,1-2H3. The topological polar surface area (TPSA) is 44.1 Å². The molecule has 0 aliphatic rings. The maximum Gasteiger partial charge on any atom is 0.173 e. The van der Waals surface area contributed by atoms with Crippen LogP contribution in [0.3, 0.4) is 0 Å². The first-order valence-electron chi connectivity index (χ1n) is 8.09. The third-order valence-electron chi connectivity index (χ3n) is 3.81. The van der Waals surface area contributed by atoms with Gasteiger partial charge in [-0.3, -0.25) is 9.36 Å². The van der Waals surface area contributed by atoms with E-state index in [1.165, 1.54) is 0 Å². The maximum absolute atomic E-state index is 11.3. The highest BCUT2D eigenvalue weighted by molar-refractivity contribution is 7.99. The van der Waals surface area contributed by atoms with Crippen molar-refractivity contribution in [3.05, 3.63) is 60.8 Å². The first-order valence-corrected chi connectivity index (χ1v) is 9.08. The zero-order chi connectivity index (χ0) is 17.6. The lowest BCUT2D eigenvalue weighted by Crippen LogP contribution is -2.02. The summed E-state index contributed by atoms with van der Waals surface area (Å²) in [5.41, 5.74) is 3.02. The number of ether oxygens (including phenoxy) is 1. The number of hydrogen-bond acceptors (Lipinski definition) is 4. The molecule has 0 fully saturated rings. The molecule has 0 saturated carbocycles. The summed E-state index contributed by atoms with van der Waals surface area (Å²) in [5, 5.41) is 0.851. The monoisotopic (exact) mass is 352 g/mol. The minimum atomic E-state index is 0.186. The van der Waals surface area contributed by atoms with Crippen molar-refractivity contribution in [3.63, 3.8) is 0 Å². The van der Waals surface area contributed by atoms with Gasteiger partial charge in [-0.25, -0.2) is 4.98 Å². The van der Waals surface area contributed by atoms with Gasteiger partial charge in [0.25, 0.3) is 0 Å². The molecule has 0 bridgehead atoms. The Hall–Kier alpha value is -2.53. The first-order chi connectivity index (χ1) is 12.2. The zero-order valence-corrected chi connectivity index (χ0v) is 15.1. The second-order valence-corrected chi connectivity index (χ2v) is 6.66. The highest BCUT2D eigenvalue weighted by Gasteiger charge is 2.17. The van der Waals surface area contributed by atoms with Crippen LogP contribution in [0.25, 0.3) is 16.9 Å². The molecule has 1 aromatic heterocycles. The molecule has 3 aromatic rings. The Labute approximate surface area is 151 Å². The summed E-state index contributed by atoms with van der Waals surface area (Å²) in [6, 6.07) is 18.0. The van der Waals surface area contributed by atoms with E-state index in [-0.39, 0.29) is 5.78 Å². The van der Waals surface area contributed by atoms with E-state index in [1.54, 1.807) is 25.8 Å². The summed E-state index contributed by atoms with van der Waals surface area (Å²) in [4.78, 5) is 15.9. The fourth-order valence-electron chi connectivity index (χ4n) is 2.58. The van der Waals surface area contributed by atoms with Crippen molar-refractivity contribution in [1.82, 2.24) is 9.55 Å². The molecule has 0 aliphatic carbocycles. The van der Waals surface area contributed by atoms with Gasteiger partial charge in [0.1, 0.15) is 11.5 Å². The van der Waals surface area contributed by atoms with E-state index < -0.39 is 0 Å². The molecule has 0 saturated heterocycles. The van der Waals surface area contributed by atoms with Crippen LogP contribution in [0.1, 0.15) is 13.3 Å². The molecule has 4 nitrogen and oxygen atoms in total. The minimum Gasteiger partial charge on any atom is -0.495 e. The number of carbonyl (C=O) groups excluding carboxylic acids is 1. The van der Waals surface area contributed by atoms with E-state index in [9.17, 15) is 4.79 Å². The number of nitrogens with zero attached hydrogens (tertiary/aromatic N) is 2. The molecule has 1 heterocycles. The van der Waals surface area contributed by atoms with Crippen LogP contribution < -0.4 is 4.74 Å². The third-order valence-corrected chi connectivity index (χ3v) is 4.76. The number of Topliss-reactive ketones (excluding diaryl/α,β-unsaturated/α-hetero) is 1. The van der Waals surface area contributed by atoms with E-state index in [0.29, 0.717) is 12.2 Å². The van der Waals surface area contributed by atoms with Gasteiger partial charge in [-0.1, -0.05) is 54.2 Å². The average Bonchev–Trinajstić information content (AvgIpc) is 3.05. The number of carbonyl (C=O) groups is 1. The molecule has 2 aromatic carbocycles. The molecule has 25 heavy (non-hydrogen) atoms. The Bertz CT molecular complexity index is 859. The maximum atomic E-state index is 11.3. The fraction of sp³-hybridized carbons (Fsp3) is 0.200. The molecular weight excluding hydrogens is 332 g/mol. The van der Waals surface area contributed by atoms with Crippen LogP contribution >= 0.6 is 11.8 Å². The van der Waals surface area contributed by atoms with Gasteiger partial charge < -0.3 is 4.74 Å². The number of para-hydroxylation sites is 2. The molecule has 0 radical (unpaired) electrons. The molecule has 3 rings (SSSR count). The van der Waals surface area contributed by atoms with Gasteiger partial charge in [-0.15, -0.1) is 0 Å². The minimum absolute atomic E-state index is 0.186. The van der Waals surface area contributed by atoms with Crippen molar-refractivity contribution in [3.8, 4) is 22.7 Å². The molecule has 0 spiro atoms. The van der Waals surface area contributed by atoms with Gasteiger partial charge in [0.05, 0.1) is 24.7 Å². The Kier molecular flexibility index (Phi) is 5.56. The quantitative estimate of drug-likeness (QED) is 0.582. The summed E-state index contributed by atoms with van der Waals surface area (Å²) in [6.45, 7) is 1.61. The third kappa shape index (κ3) is 3.94. The van der Waals surface area contributed by atoms with Gasteiger partial charge in [-0.05, 0) is 19.1 Å². The van der Waals surface area contributed by atoms with Crippen molar-refractivity contribution < 1.29 is 9.53 Å². The van der Waals surface area contributed by atoms with Crippen molar-refractivity contribution >= 4 is 17.5 Å². The molecule has 0 amide bonds. The second kappa shape index (κ2) is 8.03. The normalized spacial score (nSPS) is 10.6. The van der Waals surface area contributed by atoms with Crippen LogP contribution in [0, 0.1) is 0 Å². The van der Waals surface area contributed by atoms with E-state index in [2.05, 4.69) is 21.7 Å². The molecule has 0 N–H and O–H groups in total. The average molecular weight is 352 g/mol. The molecule has 128 valence electrons. The van der Waals surface area contributed by atoms with E-state index >= 15 is 0 Å². The number of thioether (sulfide) groups is 1. The summed E-state index contributed by atoms with van der Waals surface area (Å²) >= 11 is 1.58. The van der Waals surface area contributed by atoms with E-state index in [0.717, 1.165) is 27.9 Å². The lowest BCUT2D eigenvalue weighted by atomic mass is 10.1. The Morgan fingerprint density at radius 3 is 2.56 bits per heavy atom. The summed E-state index contributed by atoms with van der Waals surface area (Å²) in [6.07, 6.45) is 2.40. The van der Waals surface area contributed by atoms with Gasteiger partial charge in [0.15, 0.2) is 5.16 Å². The molecule has 0 atom stereocenters. The van der Waals surface area contributed by atoms with Crippen molar-refractivity contribution in [1.29, 1.82) is 0 Å². The molecule has 0 unspecified atom stereocenters. The zero-order valence-electron chi connectivity index (χ0n) is 14.3.